The average molecular weight is 392 g/mol. The van der Waals surface area contributed by atoms with E-state index in [-0.39, 0.29) is 12.0 Å². The van der Waals surface area contributed by atoms with Gasteiger partial charge in [0.25, 0.3) is 0 Å². The maximum Gasteiger partial charge on any atom is 0.411 e. The number of ether oxygens (including phenoxy) is 2. The van der Waals surface area contributed by atoms with E-state index in [4.69, 9.17) is 9.47 Å². The fourth-order valence-corrected chi connectivity index (χ4v) is 3.65. The van der Waals surface area contributed by atoms with Crippen molar-refractivity contribution in [3.8, 4) is 0 Å². The van der Waals surface area contributed by atoms with Crippen LogP contribution >= 0.6 is 0 Å². The summed E-state index contributed by atoms with van der Waals surface area (Å²) in [5, 5.41) is 11.1. The van der Waals surface area contributed by atoms with E-state index in [1.165, 1.54) is 0 Å². The van der Waals surface area contributed by atoms with Gasteiger partial charge in [-0.2, -0.15) is 0 Å². The van der Waals surface area contributed by atoms with E-state index < -0.39 is 6.09 Å². The van der Waals surface area contributed by atoms with Crippen LogP contribution in [-0.4, -0.2) is 34.1 Å². The molecule has 1 atom stereocenters. The van der Waals surface area contributed by atoms with E-state index in [1.807, 2.05) is 60.1 Å². The first-order valence-electron chi connectivity index (χ1n) is 9.63. The molecular weight excluding hydrogens is 368 g/mol. The lowest BCUT2D eigenvalue weighted by Crippen LogP contribution is -2.31. The molecule has 1 saturated heterocycles. The van der Waals surface area contributed by atoms with Crippen LogP contribution in [0.3, 0.4) is 0 Å². The predicted molar refractivity (Wildman–Crippen MR) is 109 cm³/mol. The largest absolute Gasteiger partial charge is 0.444 e. The normalized spacial score (nSPS) is 18.5. The summed E-state index contributed by atoms with van der Waals surface area (Å²) < 4.78 is 13.0. The van der Waals surface area contributed by atoms with Gasteiger partial charge in [-0.25, -0.2) is 4.79 Å². The van der Waals surface area contributed by atoms with Crippen molar-refractivity contribution in [2.45, 2.75) is 24.9 Å². The Balaban J connectivity index is 1.47. The van der Waals surface area contributed by atoms with Gasteiger partial charge in [0.2, 0.25) is 0 Å². The molecule has 1 fully saturated rings. The second-order valence-electron chi connectivity index (χ2n) is 7.39. The van der Waals surface area contributed by atoms with E-state index >= 15 is 0 Å². The van der Waals surface area contributed by atoms with Gasteiger partial charge >= 0.3 is 6.09 Å². The molecule has 0 radical (unpaired) electrons. The lowest BCUT2D eigenvalue weighted by Gasteiger charge is -2.28. The number of nitrogens with zero attached hydrogens (tertiary/aromatic N) is 3. The molecule has 7 nitrogen and oxygen atoms in total. The highest BCUT2D eigenvalue weighted by Gasteiger charge is 2.38. The molecule has 1 aromatic heterocycles. The first-order valence-corrected chi connectivity index (χ1v) is 9.63. The quantitative estimate of drug-likeness (QED) is 0.695. The van der Waals surface area contributed by atoms with Crippen LogP contribution in [0.2, 0.25) is 0 Å². The Morgan fingerprint density at radius 3 is 2.83 bits per heavy atom. The minimum atomic E-state index is -0.476. The SMILES string of the molecule is Cn1cnnc1CC1(c2cccc(NC(=O)OCc3ccccc3)c2)CCOC1. The van der Waals surface area contributed by atoms with E-state index in [2.05, 4.69) is 21.6 Å². The molecular formula is C22H24N4O3. The number of amides is 1. The number of benzene rings is 2. The fraction of sp³-hybridized carbons (Fsp3) is 0.318. The highest BCUT2D eigenvalue weighted by Crippen LogP contribution is 2.37. The Morgan fingerprint density at radius 2 is 2.10 bits per heavy atom. The molecule has 1 N–H and O–H groups in total. The minimum absolute atomic E-state index is 0.188. The van der Waals surface area contributed by atoms with Crippen molar-refractivity contribution in [2.75, 3.05) is 18.5 Å². The number of carbonyl (C=O) groups is 1. The number of hydrogen-bond acceptors (Lipinski definition) is 5. The number of anilines is 1. The van der Waals surface area contributed by atoms with Crippen LogP contribution in [0.25, 0.3) is 0 Å². The molecule has 0 spiro atoms. The Kier molecular flexibility index (Phi) is 5.57. The molecule has 1 aliphatic rings. The zero-order valence-corrected chi connectivity index (χ0v) is 16.4. The number of aryl methyl sites for hydroxylation is 1. The Bertz CT molecular complexity index is 965. The molecule has 0 bridgehead atoms. The van der Waals surface area contributed by atoms with E-state index in [1.54, 1.807) is 6.33 Å². The van der Waals surface area contributed by atoms with Crippen molar-refractivity contribution < 1.29 is 14.3 Å². The van der Waals surface area contributed by atoms with Gasteiger partial charge in [-0.15, -0.1) is 10.2 Å². The number of hydrogen-bond donors (Lipinski definition) is 1. The Labute approximate surface area is 169 Å². The molecule has 2 aromatic carbocycles. The summed E-state index contributed by atoms with van der Waals surface area (Å²) in [5.41, 5.74) is 2.57. The second-order valence-corrected chi connectivity index (χ2v) is 7.39. The topological polar surface area (TPSA) is 78.3 Å². The van der Waals surface area contributed by atoms with Crippen molar-refractivity contribution in [3.05, 3.63) is 77.9 Å². The maximum atomic E-state index is 12.2. The van der Waals surface area contributed by atoms with Gasteiger partial charge in [-0.1, -0.05) is 42.5 Å². The van der Waals surface area contributed by atoms with Crippen LogP contribution in [0.1, 0.15) is 23.4 Å². The minimum Gasteiger partial charge on any atom is -0.444 e. The number of aromatic nitrogens is 3. The monoisotopic (exact) mass is 392 g/mol. The molecule has 1 aliphatic heterocycles. The van der Waals surface area contributed by atoms with Gasteiger partial charge in [-0.05, 0) is 29.7 Å². The Morgan fingerprint density at radius 1 is 1.24 bits per heavy atom. The summed E-state index contributed by atoms with van der Waals surface area (Å²) in [6, 6.07) is 17.5. The molecule has 150 valence electrons. The first kappa shape index (κ1) is 19.1. The van der Waals surface area contributed by atoms with Gasteiger partial charge in [-0.3, -0.25) is 5.32 Å². The van der Waals surface area contributed by atoms with Crippen molar-refractivity contribution in [3.63, 3.8) is 0 Å². The number of rotatable bonds is 6. The summed E-state index contributed by atoms with van der Waals surface area (Å²) in [7, 11) is 1.94. The molecule has 7 heteroatoms. The number of nitrogens with one attached hydrogen (secondary N) is 1. The zero-order valence-electron chi connectivity index (χ0n) is 16.4. The third kappa shape index (κ3) is 4.46. The molecule has 1 unspecified atom stereocenters. The summed E-state index contributed by atoms with van der Waals surface area (Å²) >= 11 is 0. The van der Waals surface area contributed by atoms with Gasteiger partial charge in [0.1, 0.15) is 18.8 Å². The van der Waals surface area contributed by atoms with Crippen molar-refractivity contribution >= 4 is 11.8 Å². The van der Waals surface area contributed by atoms with Gasteiger partial charge in [0.05, 0.1) is 6.61 Å². The van der Waals surface area contributed by atoms with Crippen molar-refractivity contribution in [2.24, 2.45) is 7.05 Å². The molecule has 3 aromatic rings. The van der Waals surface area contributed by atoms with Crippen LogP contribution in [-0.2, 0) is 35.0 Å². The van der Waals surface area contributed by atoms with Crippen molar-refractivity contribution in [1.82, 2.24) is 14.8 Å². The van der Waals surface area contributed by atoms with Crippen LogP contribution in [0, 0.1) is 0 Å². The van der Waals surface area contributed by atoms with E-state index in [9.17, 15) is 4.79 Å². The van der Waals surface area contributed by atoms with Crippen LogP contribution in [0.15, 0.2) is 60.9 Å². The van der Waals surface area contributed by atoms with Crippen molar-refractivity contribution in [1.29, 1.82) is 0 Å². The van der Waals surface area contributed by atoms with Crippen LogP contribution in [0.4, 0.5) is 10.5 Å². The smallest absolute Gasteiger partial charge is 0.411 e. The van der Waals surface area contributed by atoms with Gasteiger partial charge in [0.15, 0.2) is 0 Å². The molecule has 4 rings (SSSR count). The lowest BCUT2D eigenvalue weighted by molar-refractivity contribution is 0.155. The summed E-state index contributed by atoms with van der Waals surface area (Å²) in [6.07, 6.45) is 2.85. The molecule has 2 heterocycles. The van der Waals surface area contributed by atoms with Crippen LogP contribution in [0.5, 0.6) is 0 Å². The number of carbonyl (C=O) groups excluding carboxylic acids is 1. The lowest BCUT2D eigenvalue weighted by atomic mass is 9.76. The maximum absolute atomic E-state index is 12.2. The second kappa shape index (κ2) is 8.45. The van der Waals surface area contributed by atoms with Gasteiger partial charge in [0, 0.05) is 31.2 Å². The highest BCUT2D eigenvalue weighted by molar-refractivity contribution is 5.84. The van der Waals surface area contributed by atoms with Gasteiger partial charge < -0.3 is 14.0 Å². The molecule has 0 aliphatic carbocycles. The predicted octanol–water partition coefficient (Wildman–Crippen LogP) is 3.46. The summed E-state index contributed by atoms with van der Waals surface area (Å²) in [4.78, 5) is 12.2. The van der Waals surface area contributed by atoms with Crippen LogP contribution < -0.4 is 5.32 Å². The molecule has 0 saturated carbocycles. The zero-order chi connectivity index (χ0) is 20.1. The third-order valence-corrected chi connectivity index (χ3v) is 5.34. The summed E-state index contributed by atoms with van der Waals surface area (Å²) in [6.45, 7) is 1.55. The Hall–Kier alpha value is -3.19. The average Bonchev–Trinajstić information content (AvgIpc) is 3.38. The fourth-order valence-electron chi connectivity index (χ4n) is 3.65. The molecule has 1 amide bonds. The third-order valence-electron chi connectivity index (χ3n) is 5.34. The van der Waals surface area contributed by atoms with E-state index in [0.717, 1.165) is 29.8 Å². The first-order chi connectivity index (χ1) is 14.1. The highest BCUT2D eigenvalue weighted by atomic mass is 16.5. The standard InChI is InChI=1S/C22H24N4O3/c1-26-16-23-25-20(26)13-22(10-11-28-15-22)18-8-5-9-19(12-18)24-21(27)29-14-17-6-3-2-4-7-17/h2-9,12,16H,10-11,13-15H2,1H3,(H,24,27). The summed E-state index contributed by atoms with van der Waals surface area (Å²) in [5.74, 6) is 0.913. The van der Waals surface area contributed by atoms with E-state index in [0.29, 0.717) is 18.9 Å². The molecule has 29 heavy (non-hydrogen) atoms.